The minimum atomic E-state index is -0.0246. The van der Waals surface area contributed by atoms with Gasteiger partial charge in [-0.25, -0.2) is 15.0 Å². The van der Waals surface area contributed by atoms with Crippen molar-refractivity contribution in [3.05, 3.63) is 257 Å². The number of allylic oxidation sites excluding steroid dienone is 1. The molecule has 12 rings (SSSR count). The standard InChI is InChI=1S/C42H37N.C16H13N3.C7H8/c1-27-14-6-7-15-30(27)33-24-29(23-22-28(33)2)31-16-8-12-20-37(31)43-38-21-13-9-17-32(38)34-26-42(5)36-19-11-10-18-35(36)41(3,4)40(42)25-39(34)43;1-12-17-15(13-8-4-2-5-9-13)19-16(18-12)14-10-6-3-7-11-14;1-7-5-3-2-4-6-7/h6-25H,26H2,1-5H3;2-11H,1H3;2-6H,1H3. The first-order valence-corrected chi connectivity index (χ1v) is 24.1. The smallest absolute Gasteiger partial charge is 0.163 e. The summed E-state index contributed by atoms with van der Waals surface area (Å²) in [4.78, 5) is 13.4. The lowest BCUT2D eigenvalue weighted by Crippen LogP contribution is -2.31. The summed E-state index contributed by atoms with van der Waals surface area (Å²) in [5.74, 6) is 2.16. The quantitative estimate of drug-likeness (QED) is 0.173. The Kier molecular flexibility index (Phi) is 12.1. The Morgan fingerprint density at radius 2 is 0.986 bits per heavy atom. The first-order valence-electron chi connectivity index (χ1n) is 24.1. The molecule has 2 aliphatic rings. The summed E-state index contributed by atoms with van der Waals surface area (Å²) < 4.78 is 2.54. The maximum atomic E-state index is 4.55. The van der Waals surface area contributed by atoms with Gasteiger partial charge < -0.3 is 4.57 Å². The Labute approximate surface area is 407 Å². The summed E-state index contributed by atoms with van der Waals surface area (Å²) in [7, 11) is 0. The Hall–Kier alpha value is -7.95. The zero-order valence-electron chi connectivity index (χ0n) is 40.7. The van der Waals surface area contributed by atoms with Crippen LogP contribution in [0.1, 0.15) is 65.7 Å². The van der Waals surface area contributed by atoms with Gasteiger partial charge in [-0.3, -0.25) is 0 Å². The van der Waals surface area contributed by atoms with Gasteiger partial charge in [-0.1, -0.05) is 214 Å². The van der Waals surface area contributed by atoms with E-state index in [1.54, 1.807) is 0 Å². The summed E-state index contributed by atoms with van der Waals surface area (Å²) >= 11 is 0. The van der Waals surface area contributed by atoms with E-state index in [1.165, 1.54) is 83.5 Å². The van der Waals surface area contributed by atoms with E-state index in [9.17, 15) is 0 Å². The van der Waals surface area contributed by atoms with Gasteiger partial charge in [0.05, 0.1) is 16.9 Å². The molecular formula is C65H58N4. The second-order valence-electron chi connectivity index (χ2n) is 19.2. The molecule has 0 fully saturated rings. The van der Waals surface area contributed by atoms with Gasteiger partial charge in [0.25, 0.3) is 0 Å². The van der Waals surface area contributed by atoms with Crippen LogP contribution in [0, 0.1) is 27.7 Å². The molecule has 0 saturated heterocycles. The average Bonchev–Trinajstić information content (AvgIpc) is 3.78. The summed E-state index contributed by atoms with van der Waals surface area (Å²) in [5, 5.41) is 1.36. The normalized spacial score (nSPS) is 15.1. The van der Waals surface area contributed by atoms with Gasteiger partial charge in [0.2, 0.25) is 0 Å². The molecule has 4 heteroatoms. The van der Waals surface area contributed by atoms with Gasteiger partial charge in [-0.15, -0.1) is 0 Å². The van der Waals surface area contributed by atoms with E-state index in [4.69, 9.17) is 0 Å². The number of benzene rings is 8. The summed E-state index contributed by atoms with van der Waals surface area (Å²) in [5.41, 5.74) is 20.7. The largest absolute Gasteiger partial charge is 0.309 e. The van der Waals surface area contributed by atoms with Crippen LogP contribution in [0.15, 0.2) is 212 Å². The van der Waals surface area contributed by atoms with Crippen molar-refractivity contribution in [3.63, 3.8) is 0 Å². The molecule has 338 valence electrons. The highest BCUT2D eigenvalue weighted by atomic mass is 15.0. The zero-order chi connectivity index (χ0) is 47.7. The molecule has 0 radical (unpaired) electrons. The molecule has 0 spiro atoms. The minimum Gasteiger partial charge on any atom is -0.309 e. The molecule has 0 amide bonds. The first-order chi connectivity index (χ1) is 33.5. The van der Waals surface area contributed by atoms with Crippen LogP contribution >= 0.6 is 0 Å². The van der Waals surface area contributed by atoms with Crippen LogP contribution in [0.25, 0.3) is 67.7 Å². The van der Waals surface area contributed by atoms with E-state index >= 15 is 0 Å². The maximum absolute atomic E-state index is 4.55. The second-order valence-corrected chi connectivity index (χ2v) is 19.2. The summed E-state index contributed by atoms with van der Waals surface area (Å²) in [6.45, 7) is 15.7. The van der Waals surface area contributed by atoms with Gasteiger partial charge >= 0.3 is 0 Å². The molecule has 2 aromatic heterocycles. The zero-order valence-corrected chi connectivity index (χ0v) is 40.7. The molecule has 2 aliphatic carbocycles. The summed E-state index contributed by atoms with van der Waals surface area (Å²) in [6.07, 6.45) is 3.55. The molecule has 1 atom stereocenters. The highest BCUT2D eigenvalue weighted by Gasteiger charge is 2.51. The molecule has 0 N–H and O–H groups in total. The lowest BCUT2D eigenvalue weighted by atomic mass is 9.68. The average molecular weight is 895 g/mol. The second kappa shape index (κ2) is 18.6. The number of fused-ring (bicyclic) bond motifs is 6. The van der Waals surface area contributed by atoms with Gasteiger partial charge in [0.1, 0.15) is 5.82 Å². The monoisotopic (exact) mass is 894 g/mol. The third-order valence-corrected chi connectivity index (χ3v) is 14.2. The lowest BCUT2D eigenvalue weighted by Gasteiger charge is -2.36. The highest BCUT2D eigenvalue weighted by molar-refractivity contribution is 5.94. The fourth-order valence-electron chi connectivity index (χ4n) is 10.7. The van der Waals surface area contributed by atoms with Crippen LogP contribution in [0.5, 0.6) is 0 Å². The predicted molar refractivity (Wildman–Crippen MR) is 289 cm³/mol. The van der Waals surface area contributed by atoms with E-state index in [1.807, 2.05) is 85.8 Å². The van der Waals surface area contributed by atoms with Crippen molar-refractivity contribution >= 4 is 17.0 Å². The molecule has 8 aromatic carbocycles. The van der Waals surface area contributed by atoms with Gasteiger partial charge in [-0.2, -0.15) is 0 Å². The molecule has 4 nitrogen and oxygen atoms in total. The fraction of sp³-hybridized carbons (Fsp3) is 0.154. The number of para-hydroxylation sites is 2. The van der Waals surface area contributed by atoms with E-state index < -0.39 is 0 Å². The Bertz CT molecular complexity index is 3430. The molecule has 10 aromatic rings. The molecule has 69 heavy (non-hydrogen) atoms. The molecule has 0 bridgehead atoms. The number of nitrogens with zero attached hydrogens (tertiary/aromatic N) is 4. The van der Waals surface area contributed by atoms with Gasteiger partial charge in [0, 0.05) is 32.9 Å². The van der Waals surface area contributed by atoms with Crippen molar-refractivity contribution in [1.82, 2.24) is 19.5 Å². The van der Waals surface area contributed by atoms with Crippen LogP contribution in [-0.4, -0.2) is 19.5 Å². The highest BCUT2D eigenvalue weighted by Crippen LogP contribution is 2.58. The summed E-state index contributed by atoms with van der Waals surface area (Å²) in [6, 6.07) is 72.9. The fourth-order valence-corrected chi connectivity index (χ4v) is 10.7. The van der Waals surface area contributed by atoms with Crippen molar-refractivity contribution in [2.75, 3.05) is 0 Å². The molecule has 0 saturated carbocycles. The van der Waals surface area contributed by atoms with Crippen molar-refractivity contribution in [3.8, 4) is 50.7 Å². The number of hydrogen-bond donors (Lipinski definition) is 0. The number of rotatable bonds is 5. The number of aromatic nitrogens is 4. The van der Waals surface area contributed by atoms with Crippen LogP contribution in [0.4, 0.5) is 0 Å². The Morgan fingerprint density at radius 1 is 0.449 bits per heavy atom. The van der Waals surface area contributed by atoms with Crippen molar-refractivity contribution in [2.45, 2.75) is 65.7 Å². The van der Waals surface area contributed by atoms with E-state index in [0.29, 0.717) is 11.6 Å². The predicted octanol–water partition coefficient (Wildman–Crippen LogP) is 16.3. The minimum absolute atomic E-state index is 0.0129. The molecular weight excluding hydrogens is 837 g/mol. The van der Waals surface area contributed by atoms with Gasteiger partial charge in [0.15, 0.2) is 11.6 Å². The van der Waals surface area contributed by atoms with Crippen LogP contribution < -0.4 is 0 Å². The van der Waals surface area contributed by atoms with Crippen LogP contribution in [0.3, 0.4) is 0 Å². The van der Waals surface area contributed by atoms with Crippen molar-refractivity contribution < 1.29 is 0 Å². The SMILES string of the molecule is Cc1ccccc1.Cc1ccccc1-c1cc(-c2ccccc2-n2c3c(c4ccccc42)CC2(C)C(=C3)C(C)(C)c3ccccc32)ccc1C.Cc1nc(-c2ccccc2)nc(-c2ccccc2)n1. The Balaban J connectivity index is 0.000000174. The molecule has 1 unspecified atom stereocenters. The van der Waals surface area contributed by atoms with E-state index in [-0.39, 0.29) is 10.8 Å². The lowest BCUT2D eigenvalue weighted by molar-refractivity contribution is 0.508. The topological polar surface area (TPSA) is 43.6 Å². The third kappa shape index (κ3) is 8.53. The molecule has 2 heterocycles. The van der Waals surface area contributed by atoms with Crippen molar-refractivity contribution in [1.29, 1.82) is 0 Å². The van der Waals surface area contributed by atoms with Gasteiger partial charge in [-0.05, 0) is 108 Å². The first kappa shape index (κ1) is 44.9. The number of aryl methyl sites for hydroxylation is 4. The Morgan fingerprint density at radius 3 is 1.62 bits per heavy atom. The van der Waals surface area contributed by atoms with Crippen LogP contribution in [-0.2, 0) is 17.3 Å². The van der Waals surface area contributed by atoms with Crippen LogP contribution in [0.2, 0.25) is 0 Å². The van der Waals surface area contributed by atoms with E-state index in [2.05, 4.69) is 195 Å². The van der Waals surface area contributed by atoms with Crippen molar-refractivity contribution in [2.24, 2.45) is 0 Å². The maximum Gasteiger partial charge on any atom is 0.163 e. The number of hydrogen-bond acceptors (Lipinski definition) is 3. The molecule has 0 aliphatic heterocycles. The van der Waals surface area contributed by atoms with E-state index in [0.717, 1.165) is 23.4 Å². The third-order valence-electron chi connectivity index (χ3n) is 14.2.